The van der Waals surface area contributed by atoms with Crippen molar-refractivity contribution in [3.63, 3.8) is 0 Å². The Balaban J connectivity index is 1.63. The zero-order valence-electron chi connectivity index (χ0n) is 14.4. The number of nitrogens with one attached hydrogen (secondary N) is 2. The van der Waals surface area contributed by atoms with Crippen LogP contribution in [0.15, 0.2) is 24.3 Å². The third-order valence-corrected chi connectivity index (χ3v) is 4.24. The standard InChI is InChI=1S/C18H25N5O/c1-3-16-17(4-2)22-23-18(21-16)20-14-7-5-13(6-8-14)19-15-9-11-24-12-10-15/h5-8,15,19H,3-4,9-12H2,1-2H3,(H,20,21,23). The van der Waals surface area contributed by atoms with Crippen LogP contribution in [0.1, 0.15) is 38.1 Å². The summed E-state index contributed by atoms with van der Waals surface area (Å²) in [6, 6.07) is 8.71. The second-order valence-electron chi connectivity index (χ2n) is 5.97. The lowest BCUT2D eigenvalue weighted by molar-refractivity contribution is 0.0904. The molecular formula is C18H25N5O. The first-order valence-electron chi connectivity index (χ1n) is 8.72. The number of anilines is 3. The van der Waals surface area contributed by atoms with Gasteiger partial charge in [-0.2, -0.15) is 0 Å². The van der Waals surface area contributed by atoms with Crippen molar-refractivity contribution in [2.24, 2.45) is 0 Å². The Labute approximate surface area is 143 Å². The summed E-state index contributed by atoms with van der Waals surface area (Å²) >= 11 is 0. The first kappa shape index (κ1) is 16.6. The maximum atomic E-state index is 5.39. The maximum absolute atomic E-state index is 5.39. The van der Waals surface area contributed by atoms with E-state index in [9.17, 15) is 0 Å². The Hall–Kier alpha value is -2.21. The van der Waals surface area contributed by atoms with Gasteiger partial charge in [0.25, 0.3) is 0 Å². The molecular weight excluding hydrogens is 302 g/mol. The number of ether oxygens (including phenoxy) is 1. The van der Waals surface area contributed by atoms with Crippen LogP contribution in [0.25, 0.3) is 0 Å². The van der Waals surface area contributed by atoms with Crippen LogP contribution < -0.4 is 10.6 Å². The number of rotatable bonds is 6. The van der Waals surface area contributed by atoms with E-state index in [2.05, 4.69) is 51.8 Å². The van der Waals surface area contributed by atoms with E-state index in [1.165, 1.54) is 0 Å². The van der Waals surface area contributed by atoms with Gasteiger partial charge >= 0.3 is 0 Å². The lowest BCUT2D eigenvalue weighted by atomic mass is 10.1. The minimum absolute atomic E-state index is 0.499. The van der Waals surface area contributed by atoms with Gasteiger partial charge in [-0.05, 0) is 49.9 Å². The molecule has 3 rings (SSSR count). The van der Waals surface area contributed by atoms with Gasteiger partial charge in [0.15, 0.2) is 0 Å². The Kier molecular flexibility index (Phi) is 5.59. The molecule has 0 radical (unpaired) electrons. The Bertz CT molecular complexity index is 653. The summed E-state index contributed by atoms with van der Waals surface area (Å²) in [7, 11) is 0. The molecule has 1 aliphatic rings. The fraction of sp³-hybridized carbons (Fsp3) is 0.500. The van der Waals surface area contributed by atoms with E-state index in [0.29, 0.717) is 12.0 Å². The summed E-state index contributed by atoms with van der Waals surface area (Å²) in [4.78, 5) is 4.56. The van der Waals surface area contributed by atoms with Crippen molar-refractivity contribution in [2.45, 2.75) is 45.6 Å². The quantitative estimate of drug-likeness (QED) is 0.848. The number of benzene rings is 1. The highest BCUT2D eigenvalue weighted by molar-refractivity contribution is 5.58. The molecule has 2 N–H and O–H groups in total. The second kappa shape index (κ2) is 8.06. The molecule has 2 heterocycles. The predicted octanol–water partition coefficient (Wildman–Crippen LogP) is 3.33. The van der Waals surface area contributed by atoms with Gasteiger partial charge in [-0.25, -0.2) is 4.98 Å². The topological polar surface area (TPSA) is 72.0 Å². The van der Waals surface area contributed by atoms with Gasteiger partial charge in [0.1, 0.15) is 0 Å². The van der Waals surface area contributed by atoms with E-state index in [4.69, 9.17) is 4.74 Å². The van der Waals surface area contributed by atoms with Crippen LogP contribution in [0, 0.1) is 0 Å². The minimum Gasteiger partial charge on any atom is -0.382 e. The monoisotopic (exact) mass is 327 g/mol. The Morgan fingerprint density at radius 2 is 1.62 bits per heavy atom. The summed E-state index contributed by atoms with van der Waals surface area (Å²) in [6.07, 6.45) is 3.84. The third kappa shape index (κ3) is 4.20. The molecule has 1 aromatic heterocycles. The van der Waals surface area contributed by atoms with Crippen LogP contribution in [0.4, 0.5) is 17.3 Å². The molecule has 0 unspecified atom stereocenters. The summed E-state index contributed by atoms with van der Waals surface area (Å²) in [5.41, 5.74) is 4.06. The van der Waals surface area contributed by atoms with Crippen molar-refractivity contribution >= 4 is 17.3 Å². The summed E-state index contributed by atoms with van der Waals surface area (Å²) in [6.45, 7) is 5.84. The van der Waals surface area contributed by atoms with Crippen molar-refractivity contribution in [2.75, 3.05) is 23.8 Å². The molecule has 0 saturated carbocycles. The van der Waals surface area contributed by atoms with Crippen LogP contribution in [0.5, 0.6) is 0 Å². The van der Waals surface area contributed by atoms with Crippen molar-refractivity contribution < 1.29 is 4.74 Å². The van der Waals surface area contributed by atoms with Crippen LogP contribution in [0.3, 0.4) is 0 Å². The average molecular weight is 327 g/mol. The number of aryl methyl sites for hydroxylation is 2. The molecule has 128 valence electrons. The molecule has 24 heavy (non-hydrogen) atoms. The summed E-state index contributed by atoms with van der Waals surface area (Å²) < 4.78 is 5.39. The van der Waals surface area contributed by atoms with Gasteiger partial charge in [-0.3, -0.25) is 0 Å². The fourth-order valence-electron chi connectivity index (χ4n) is 2.85. The third-order valence-electron chi connectivity index (χ3n) is 4.24. The molecule has 0 aliphatic carbocycles. The molecule has 1 saturated heterocycles. The van der Waals surface area contributed by atoms with E-state index in [0.717, 1.165) is 61.7 Å². The molecule has 6 heteroatoms. The highest BCUT2D eigenvalue weighted by Gasteiger charge is 2.13. The molecule has 0 atom stereocenters. The maximum Gasteiger partial charge on any atom is 0.247 e. The first-order valence-corrected chi connectivity index (χ1v) is 8.72. The second-order valence-corrected chi connectivity index (χ2v) is 5.97. The number of hydrogen-bond acceptors (Lipinski definition) is 6. The van der Waals surface area contributed by atoms with E-state index >= 15 is 0 Å². The van der Waals surface area contributed by atoms with Gasteiger partial charge < -0.3 is 15.4 Å². The zero-order valence-corrected chi connectivity index (χ0v) is 14.4. The van der Waals surface area contributed by atoms with Crippen LogP contribution in [0.2, 0.25) is 0 Å². The van der Waals surface area contributed by atoms with Crippen molar-refractivity contribution in [3.8, 4) is 0 Å². The predicted molar refractivity (Wildman–Crippen MR) is 95.8 cm³/mol. The lowest BCUT2D eigenvalue weighted by Crippen LogP contribution is -2.27. The van der Waals surface area contributed by atoms with Crippen molar-refractivity contribution in [1.29, 1.82) is 0 Å². The molecule has 1 aromatic carbocycles. The van der Waals surface area contributed by atoms with E-state index in [1.54, 1.807) is 0 Å². The number of nitrogens with zero attached hydrogens (tertiary/aromatic N) is 3. The van der Waals surface area contributed by atoms with Gasteiger partial charge in [0.2, 0.25) is 5.95 Å². The normalized spacial score (nSPS) is 15.2. The molecule has 0 bridgehead atoms. The molecule has 0 amide bonds. The SMILES string of the molecule is CCc1nnc(Nc2ccc(NC3CCOCC3)cc2)nc1CC. The fourth-order valence-corrected chi connectivity index (χ4v) is 2.85. The summed E-state index contributed by atoms with van der Waals surface area (Å²) in [5, 5.41) is 15.2. The van der Waals surface area contributed by atoms with E-state index in [-0.39, 0.29) is 0 Å². The van der Waals surface area contributed by atoms with E-state index < -0.39 is 0 Å². The molecule has 2 aromatic rings. The van der Waals surface area contributed by atoms with Gasteiger partial charge in [0.05, 0.1) is 11.4 Å². The Morgan fingerprint density at radius 1 is 0.958 bits per heavy atom. The zero-order chi connectivity index (χ0) is 16.8. The largest absolute Gasteiger partial charge is 0.382 e. The average Bonchev–Trinajstić information content (AvgIpc) is 2.64. The molecule has 0 spiro atoms. The van der Waals surface area contributed by atoms with Crippen LogP contribution >= 0.6 is 0 Å². The smallest absolute Gasteiger partial charge is 0.247 e. The van der Waals surface area contributed by atoms with Crippen LogP contribution in [-0.2, 0) is 17.6 Å². The van der Waals surface area contributed by atoms with Gasteiger partial charge in [-0.1, -0.05) is 13.8 Å². The number of hydrogen-bond donors (Lipinski definition) is 2. The minimum atomic E-state index is 0.499. The molecule has 6 nitrogen and oxygen atoms in total. The lowest BCUT2D eigenvalue weighted by Gasteiger charge is -2.24. The highest BCUT2D eigenvalue weighted by atomic mass is 16.5. The first-order chi connectivity index (χ1) is 11.8. The Morgan fingerprint density at radius 3 is 2.29 bits per heavy atom. The van der Waals surface area contributed by atoms with Crippen molar-refractivity contribution in [3.05, 3.63) is 35.7 Å². The van der Waals surface area contributed by atoms with Crippen LogP contribution in [-0.4, -0.2) is 34.4 Å². The van der Waals surface area contributed by atoms with E-state index in [1.807, 2.05) is 12.1 Å². The van der Waals surface area contributed by atoms with Gasteiger partial charge in [-0.15, -0.1) is 10.2 Å². The number of aromatic nitrogens is 3. The van der Waals surface area contributed by atoms with Crippen molar-refractivity contribution in [1.82, 2.24) is 15.2 Å². The molecule has 1 aliphatic heterocycles. The molecule has 1 fully saturated rings. The highest BCUT2D eigenvalue weighted by Crippen LogP contribution is 2.19. The summed E-state index contributed by atoms with van der Waals surface area (Å²) in [5.74, 6) is 0.550. The van der Waals surface area contributed by atoms with Gasteiger partial charge in [0, 0.05) is 30.6 Å².